The van der Waals surface area contributed by atoms with E-state index >= 15 is 0 Å². The van der Waals surface area contributed by atoms with Crippen LogP contribution in [0.2, 0.25) is 0 Å². The largest absolute Gasteiger partial charge is 0.382 e. The van der Waals surface area contributed by atoms with Crippen LogP contribution in [0.5, 0.6) is 0 Å². The summed E-state index contributed by atoms with van der Waals surface area (Å²) in [6.07, 6.45) is 4.41. The first-order chi connectivity index (χ1) is 10.1. The summed E-state index contributed by atoms with van der Waals surface area (Å²) in [5.41, 5.74) is 2.00. The highest BCUT2D eigenvalue weighted by Gasteiger charge is 2.29. The van der Waals surface area contributed by atoms with Crippen molar-refractivity contribution in [2.75, 3.05) is 24.2 Å². The van der Waals surface area contributed by atoms with Crippen LogP contribution in [0.3, 0.4) is 0 Å². The molecule has 1 heterocycles. The van der Waals surface area contributed by atoms with Crippen LogP contribution in [-0.4, -0.2) is 36.5 Å². The van der Waals surface area contributed by atoms with Crippen molar-refractivity contribution in [2.45, 2.75) is 44.7 Å². The molecule has 21 heavy (non-hydrogen) atoms. The molecule has 0 bridgehead atoms. The zero-order chi connectivity index (χ0) is 14.8. The molecule has 0 aromatic heterocycles. The fraction of sp³-hybridized carbons (Fsp3) is 0.588. The highest BCUT2D eigenvalue weighted by molar-refractivity contribution is 5.94. The molecular weight excluding hydrogens is 262 g/mol. The van der Waals surface area contributed by atoms with Crippen LogP contribution in [0.15, 0.2) is 24.3 Å². The van der Waals surface area contributed by atoms with E-state index in [1.54, 1.807) is 0 Å². The standard InChI is InChI=1S/C17H25N3O/c1-12-10-16(8-9-20(12)2)18-14-4-3-5-15(11-14)19-17(21)13-6-7-13/h3-5,11-13,16,18H,6-10H2,1-2H3,(H,19,21). The molecule has 2 aliphatic rings. The minimum absolute atomic E-state index is 0.167. The van der Waals surface area contributed by atoms with Gasteiger partial charge in [0.15, 0.2) is 0 Å². The molecule has 114 valence electrons. The maximum absolute atomic E-state index is 11.8. The quantitative estimate of drug-likeness (QED) is 0.895. The number of benzene rings is 1. The lowest BCUT2D eigenvalue weighted by molar-refractivity contribution is -0.117. The monoisotopic (exact) mass is 287 g/mol. The smallest absolute Gasteiger partial charge is 0.227 e. The SMILES string of the molecule is CC1CC(Nc2cccc(NC(=O)C3CC3)c2)CCN1C. The number of amides is 1. The molecule has 1 aromatic carbocycles. The molecule has 2 N–H and O–H groups in total. The Kier molecular flexibility index (Phi) is 4.15. The molecule has 1 saturated heterocycles. The summed E-state index contributed by atoms with van der Waals surface area (Å²) in [5.74, 6) is 0.413. The first-order valence-corrected chi connectivity index (χ1v) is 7.99. The highest BCUT2D eigenvalue weighted by atomic mass is 16.2. The Hall–Kier alpha value is -1.55. The lowest BCUT2D eigenvalue weighted by Gasteiger charge is -2.35. The number of nitrogens with zero attached hydrogens (tertiary/aromatic N) is 1. The van der Waals surface area contributed by atoms with Crippen molar-refractivity contribution in [3.05, 3.63) is 24.3 Å². The Morgan fingerprint density at radius 1 is 1.24 bits per heavy atom. The molecule has 1 aliphatic heterocycles. The van der Waals surface area contributed by atoms with E-state index in [4.69, 9.17) is 0 Å². The molecule has 3 rings (SSSR count). The van der Waals surface area contributed by atoms with Gasteiger partial charge in [0.25, 0.3) is 0 Å². The summed E-state index contributed by atoms with van der Waals surface area (Å²) < 4.78 is 0. The van der Waals surface area contributed by atoms with Gasteiger partial charge in [-0.15, -0.1) is 0 Å². The number of likely N-dealkylation sites (tertiary alicyclic amines) is 1. The lowest BCUT2D eigenvalue weighted by Crippen LogP contribution is -2.42. The van der Waals surface area contributed by atoms with Crippen molar-refractivity contribution >= 4 is 17.3 Å². The first kappa shape index (κ1) is 14.4. The van der Waals surface area contributed by atoms with Crippen LogP contribution < -0.4 is 10.6 Å². The molecule has 0 spiro atoms. The van der Waals surface area contributed by atoms with Gasteiger partial charge in [0, 0.05) is 35.9 Å². The predicted octanol–water partition coefficient (Wildman–Crippen LogP) is 2.93. The minimum Gasteiger partial charge on any atom is -0.382 e. The Bertz CT molecular complexity index is 513. The summed E-state index contributed by atoms with van der Waals surface area (Å²) in [6.45, 7) is 3.41. The van der Waals surface area contributed by atoms with Gasteiger partial charge < -0.3 is 15.5 Å². The van der Waals surface area contributed by atoms with Crippen molar-refractivity contribution in [3.63, 3.8) is 0 Å². The van der Waals surface area contributed by atoms with Gasteiger partial charge in [0.1, 0.15) is 0 Å². The fourth-order valence-electron chi connectivity index (χ4n) is 2.93. The normalized spacial score (nSPS) is 26.4. The zero-order valence-electron chi connectivity index (χ0n) is 12.9. The topological polar surface area (TPSA) is 44.4 Å². The first-order valence-electron chi connectivity index (χ1n) is 7.99. The number of rotatable bonds is 4. The van der Waals surface area contributed by atoms with E-state index in [1.165, 1.54) is 6.42 Å². The average Bonchev–Trinajstić information content (AvgIpc) is 3.28. The number of hydrogen-bond donors (Lipinski definition) is 2. The minimum atomic E-state index is 0.167. The van der Waals surface area contributed by atoms with E-state index in [9.17, 15) is 4.79 Å². The van der Waals surface area contributed by atoms with Crippen LogP contribution in [0.1, 0.15) is 32.6 Å². The maximum atomic E-state index is 11.8. The van der Waals surface area contributed by atoms with Gasteiger partial charge in [-0.1, -0.05) is 6.07 Å². The Morgan fingerprint density at radius 3 is 2.71 bits per heavy atom. The third kappa shape index (κ3) is 3.76. The molecular formula is C17H25N3O. The number of piperidine rings is 1. The molecule has 1 amide bonds. The van der Waals surface area contributed by atoms with E-state index < -0.39 is 0 Å². The molecule has 4 heteroatoms. The lowest BCUT2D eigenvalue weighted by atomic mass is 9.98. The highest BCUT2D eigenvalue weighted by Crippen LogP contribution is 2.30. The van der Waals surface area contributed by atoms with Gasteiger partial charge in [-0.05, 0) is 57.9 Å². The second-order valence-electron chi connectivity index (χ2n) is 6.54. The van der Waals surface area contributed by atoms with E-state index in [2.05, 4.69) is 35.6 Å². The van der Waals surface area contributed by atoms with Gasteiger partial charge in [-0.2, -0.15) is 0 Å². The van der Waals surface area contributed by atoms with Gasteiger partial charge >= 0.3 is 0 Å². The number of anilines is 2. The molecule has 1 aliphatic carbocycles. The van der Waals surface area contributed by atoms with Gasteiger partial charge in [0.05, 0.1) is 0 Å². The van der Waals surface area contributed by atoms with Gasteiger partial charge in [-0.3, -0.25) is 4.79 Å². The van der Waals surface area contributed by atoms with Crippen molar-refractivity contribution in [3.8, 4) is 0 Å². The van der Waals surface area contributed by atoms with Gasteiger partial charge in [-0.25, -0.2) is 0 Å². The number of carbonyl (C=O) groups is 1. The number of nitrogens with one attached hydrogen (secondary N) is 2. The predicted molar refractivity (Wildman–Crippen MR) is 86.5 cm³/mol. The fourth-order valence-corrected chi connectivity index (χ4v) is 2.93. The molecule has 2 fully saturated rings. The second kappa shape index (κ2) is 6.06. The van der Waals surface area contributed by atoms with Crippen molar-refractivity contribution < 1.29 is 4.79 Å². The molecule has 0 radical (unpaired) electrons. The summed E-state index contributed by atoms with van der Waals surface area (Å²) >= 11 is 0. The van der Waals surface area contributed by atoms with E-state index in [-0.39, 0.29) is 11.8 Å². The summed E-state index contributed by atoms with van der Waals surface area (Å²) in [5, 5.41) is 6.62. The zero-order valence-corrected chi connectivity index (χ0v) is 12.9. The van der Waals surface area contributed by atoms with Crippen LogP contribution >= 0.6 is 0 Å². The number of hydrogen-bond acceptors (Lipinski definition) is 3. The van der Waals surface area contributed by atoms with Gasteiger partial charge in [0.2, 0.25) is 5.91 Å². The summed E-state index contributed by atoms with van der Waals surface area (Å²) in [4.78, 5) is 14.2. The Labute approximate surface area is 126 Å². The Morgan fingerprint density at radius 2 is 2.00 bits per heavy atom. The molecule has 1 aromatic rings. The summed E-state index contributed by atoms with van der Waals surface area (Å²) in [7, 11) is 2.19. The van der Waals surface area contributed by atoms with Crippen LogP contribution in [0.25, 0.3) is 0 Å². The average molecular weight is 287 g/mol. The van der Waals surface area contributed by atoms with E-state index in [0.717, 1.165) is 37.2 Å². The summed E-state index contributed by atoms with van der Waals surface area (Å²) in [6, 6.07) is 9.23. The van der Waals surface area contributed by atoms with E-state index in [0.29, 0.717) is 12.1 Å². The number of carbonyl (C=O) groups excluding carboxylic acids is 1. The van der Waals surface area contributed by atoms with Crippen LogP contribution in [-0.2, 0) is 4.79 Å². The Balaban J connectivity index is 1.59. The van der Waals surface area contributed by atoms with Crippen LogP contribution in [0.4, 0.5) is 11.4 Å². The maximum Gasteiger partial charge on any atom is 0.227 e. The van der Waals surface area contributed by atoms with E-state index in [1.807, 2.05) is 18.2 Å². The molecule has 4 nitrogen and oxygen atoms in total. The third-order valence-electron chi connectivity index (χ3n) is 4.66. The molecule has 1 saturated carbocycles. The second-order valence-corrected chi connectivity index (χ2v) is 6.54. The van der Waals surface area contributed by atoms with Crippen LogP contribution in [0, 0.1) is 5.92 Å². The molecule has 2 unspecified atom stereocenters. The van der Waals surface area contributed by atoms with Crippen molar-refractivity contribution in [1.82, 2.24) is 4.90 Å². The third-order valence-corrected chi connectivity index (χ3v) is 4.66. The molecule has 2 atom stereocenters. The van der Waals surface area contributed by atoms with Crippen molar-refractivity contribution in [1.29, 1.82) is 0 Å². The van der Waals surface area contributed by atoms with Crippen molar-refractivity contribution in [2.24, 2.45) is 5.92 Å².